The maximum atomic E-state index is 11.6. The van der Waals surface area contributed by atoms with Crippen molar-refractivity contribution in [1.82, 2.24) is 0 Å². The SMILES string of the molecule is C=C1Cc2cc(N3CCCC3=O)ccc2N1. The quantitative estimate of drug-likeness (QED) is 0.778. The van der Waals surface area contributed by atoms with Gasteiger partial charge in [0.1, 0.15) is 0 Å². The number of nitrogens with one attached hydrogen (secondary N) is 1. The zero-order chi connectivity index (χ0) is 11.1. The van der Waals surface area contributed by atoms with E-state index in [1.165, 1.54) is 5.56 Å². The molecule has 82 valence electrons. The van der Waals surface area contributed by atoms with Crippen LogP contribution in [0.2, 0.25) is 0 Å². The van der Waals surface area contributed by atoms with Crippen LogP contribution < -0.4 is 10.2 Å². The third kappa shape index (κ3) is 1.40. The fourth-order valence-corrected chi connectivity index (χ4v) is 2.40. The van der Waals surface area contributed by atoms with Gasteiger partial charge in [0.25, 0.3) is 0 Å². The number of nitrogens with zero attached hydrogens (tertiary/aromatic N) is 1. The van der Waals surface area contributed by atoms with Gasteiger partial charge in [0, 0.05) is 36.5 Å². The van der Waals surface area contributed by atoms with Crippen molar-refractivity contribution in [2.75, 3.05) is 16.8 Å². The Bertz CT molecular complexity index is 479. The van der Waals surface area contributed by atoms with Crippen LogP contribution in [0.1, 0.15) is 18.4 Å². The van der Waals surface area contributed by atoms with Crippen LogP contribution in [0, 0.1) is 0 Å². The van der Waals surface area contributed by atoms with E-state index in [9.17, 15) is 4.79 Å². The second-order valence-corrected chi connectivity index (χ2v) is 4.40. The number of amides is 1. The average molecular weight is 214 g/mol. The van der Waals surface area contributed by atoms with E-state index in [-0.39, 0.29) is 5.91 Å². The fraction of sp³-hybridized carbons (Fsp3) is 0.308. The molecule has 1 aromatic carbocycles. The summed E-state index contributed by atoms with van der Waals surface area (Å²) in [6, 6.07) is 6.14. The van der Waals surface area contributed by atoms with Crippen LogP contribution in [-0.2, 0) is 11.2 Å². The number of rotatable bonds is 1. The molecule has 3 rings (SSSR count). The van der Waals surface area contributed by atoms with Gasteiger partial charge >= 0.3 is 0 Å². The lowest BCUT2D eigenvalue weighted by Gasteiger charge is -2.16. The van der Waals surface area contributed by atoms with E-state index in [0.29, 0.717) is 6.42 Å². The van der Waals surface area contributed by atoms with E-state index in [4.69, 9.17) is 0 Å². The minimum atomic E-state index is 0.240. The highest BCUT2D eigenvalue weighted by molar-refractivity contribution is 5.95. The van der Waals surface area contributed by atoms with E-state index in [1.54, 1.807) is 0 Å². The van der Waals surface area contributed by atoms with Crippen molar-refractivity contribution in [3.63, 3.8) is 0 Å². The van der Waals surface area contributed by atoms with Crippen LogP contribution in [0.4, 0.5) is 11.4 Å². The van der Waals surface area contributed by atoms with Gasteiger partial charge in [0.15, 0.2) is 0 Å². The minimum Gasteiger partial charge on any atom is -0.359 e. The van der Waals surface area contributed by atoms with Gasteiger partial charge in [-0.05, 0) is 30.2 Å². The molecule has 1 fully saturated rings. The number of allylic oxidation sites excluding steroid dienone is 1. The third-order valence-corrected chi connectivity index (χ3v) is 3.19. The van der Waals surface area contributed by atoms with Gasteiger partial charge in [-0.25, -0.2) is 0 Å². The minimum absolute atomic E-state index is 0.240. The third-order valence-electron chi connectivity index (χ3n) is 3.19. The lowest BCUT2D eigenvalue weighted by atomic mass is 10.1. The predicted molar refractivity (Wildman–Crippen MR) is 64.5 cm³/mol. The van der Waals surface area contributed by atoms with Gasteiger partial charge < -0.3 is 10.2 Å². The molecule has 0 radical (unpaired) electrons. The van der Waals surface area contributed by atoms with Gasteiger partial charge in [-0.3, -0.25) is 4.79 Å². The number of hydrogen-bond acceptors (Lipinski definition) is 2. The topological polar surface area (TPSA) is 32.3 Å². The first kappa shape index (κ1) is 9.46. The van der Waals surface area contributed by atoms with Gasteiger partial charge in [0.05, 0.1) is 0 Å². The van der Waals surface area contributed by atoms with Gasteiger partial charge in [-0.15, -0.1) is 0 Å². The number of fused-ring (bicyclic) bond motifs is 1. The molecule has 3 nitrogen and oxygen atoms in total. The first-order valence-corrected chi connectivity index (χ1v) is 5.62. The van der Waals surface area contributed by atoms with Crippen LogP contribution in [0.25, 0.3) is 0 Å². The maximum Gasteiger partial charge on any atom is 0.227 e. The molecule has 0 bridgehead atoms. The molecule has 1 N–H and O–H groups in total. The van der Waals surface area contributed by atoms with Crippen molar-refractivity contribution < 1.29 is 4.79 Å². The Hall–Kier alpha value is -1.77. The highest BCUT2D eigenvalue weighted by atomic mass is 16.2. The van der Waals surface area contributed by atoms with Crippen molar-refractivity contribution in [1.29, 1.82) is 0 Å². The zero-order valence-corrected chi connectivity index (χ0v) is 9.12. The van der Waals surface area contributed by atoms with Crippen molar-refractivity contribution in [3.8, 4) is 0 Å². The summed E-state index contributed by atoms with van der Waals surface area (Å²) in [6.07, 6.45) is 2.52. The van der Waals surface area contributed by atoms with E-state index in [1.807, 2.05) is 17.0 Å². The molecule has 1 amide bonds. The van der Waals surface area contributed by atoms with Crippen molar-refractivity contribution in [3.05, 3.63) is 36.0 Å². The van der Waals surface area contributed by atoms with E-state index in [0.717, 1.165) is 36.5 Å². The molecular weight excluding hydrogens is 200 g/mol. The summed E-state index contributed by atoms with van der Waals surface area (Å²) >= 11 is 0. The lowest BCUT2D eigenvalue weighted by molar-refractivity contribution is -0.117. The normalized spacial score (nSPS) is 18.9. The smallest absolute Gasteiger partial charge is 0.227 e. The molecule has 0 saturated carbocycles. The van der Waals surface area contributed by atoms with Crippen LogP contribution >= 0.6 is 0 Å². The van der Waals surface area contributed by atoms with Crippen LogP contribution in [0.15, 0.2) is 30.5 Å². The molecule has 16 heavy (non-hydrogen) atoms. The first-order valence-electron chi connectivity index (χ1n) is 5.62. The molecule has 1 saturated heterocycles. The Labute approximate surface area is 94.8 Å². The standard InChI is InChI=1S/C13H14N2O/c1-9-7-10-8-11(4-5-12(10)14-9)15-6-2-3-13(15)16/h4-5,8,14H,1-3,6-7H2. The highest BCUT2D eigenvalue weighted by Gasteiger charge is 2.23. The number of carbonyl (C=O) groups excluding carboxylic acids is 1. The van der Waals surface area contributed by atoms with Gasteiger partial charge in [-0.1, -0.05) is 6.58 Å². The Balaban J connectivity index is 1.95. The molecule has 2 aliphatic heterocycles. The second-order valence-electron chi connectivity index (χ2n) is 4.40. The van der Waals surface area contributed by atoms with Gasteiger partial charge in [-0.2, -0.15) is 0 Å². The molecule has 0 aromatic heterocycles. The maximum absolute atomic E-state index is 11.6. The predicted octanol–water partition coefficient (Wildman–Crippen LogP) is 2.30. The summed E-state index contributed by atoms with van der Waals surface area (Å²) in [6.45, 7) is 4.77. The van der Waals surface area contributed by atoms with Crippen molar-refractivity contribution >= 4 is 17.3 Å². The summed E-state index contributed by atoms with van der Waals surface area (Å²) < 4.78 is 0. The number of anilines is 2. The van der Waals surface area contributed by atoms with Crippen molar-refractivity contribution in [2.24, 2.45) is 0 Å². The molecule has 0 atom stereocenters. The first-order chi connectivity index (χ1) is 7.74. The van der Waals surface area contributed by atoms with E-state index >= 15 is 0 Å². The monoisotopic (exact) mass is 214 g/mol. The molecule has 1 aromatic rings. The number of benzene rings is 1. The average Bonchev–Trinajstić information content (AvgIpc) is 2.81. The largest absolute Gasteiger partial charge is 0.359 e. The lowest BCUT2D eigenvalue weighted by Crippen LogP contribution is -2.23. The molecule has 0 unspecified atom stereocenters. The van der Waals surface area contributed by atoms with Crippen molar-refractivity contribution in [2.45, 2.75) is 19.3 Å². The fourth-order valence-electron chi connectivity index (χ4n) is 2.40. The van der Waals surface area contributed by atoms with Crippen LogP contribution in [0.5, 0.6) is 0 Å². The van der Waals surface area contributed by atoms with Crippen LogP contribution in [0.3, 0.4) is 0 Å². The van der Waals surface area contributed by atoms with Gasteiger partial charge in [0.2, 0.25) is 5.91 Å². The summed E-state index contributed by atoms with van der Waals surface area (Å²) in [5.74, 6) is 0.240. The number of carbonyl (C=O) groups is 1. The Morgan fingerprint density at radius 2 is 2.25 bits per heavy atom. The molecule has 0 spiro atoms. The van der Waals surface area contributed by atoms with Crippen LogP contribution in [-0.4, -0.2) is 12.5 Å². The summed E-state index contributed by atoms with van der Waals surface area (Å²) in [4.78, 5) is 13.5. The van der Waals surface area contributed by atoms with E-state index < -0.39 is 0 Å². The molecule has 2 aliphatic rings. The summed E-state index contributed by atoms with van der Waals surface area (Å²) in [7, 11) is 0. The zero-order valence-electron chi connectivity index (χ0n) is 9.12. The molecule has 2 heterocycles. The second kappa shape index (κ2) is 3.37. The summed E-state index contributed by atoms with van der Waals surface area (Å²) in [5.41, 5.74) is 4.42. The molecular formula is C13H14N2O. The molecule has 3 heteroatoms. The highest BCUT2D eigenvalue weighted by Crippen LogP contribution is 2.32. The number of hydrogen-bond donors (Lipinski definition) is 1. The Morgan fingerprint density at radius 1 is 1.38 bits per heavy atom. The molecule has 0 aliphatic carbocycles. The Morgan fingerprint density at radius 3 is 3.00 bits per heavy atom. The van der Waals surface area contributed by atoms with E-state index in [2.05, 4.69) is 18.0 Å². The Kier molecular flexibility index (Phi) is 1.99. The summed E-state index contributed by atoms with van der Waals surface area (Å²) in [5, 5.41) is 3.23.